The van der Waals surface area contributed by atoms with Gasteiger partial charge in [0, 0.05) is 6.04 Å². The zero-order valence-corrected chi connectivity index (χ0v) is 9.13. The van der Waals surface area contributed by atoms with Crippen molar-refractivity contribution in [2.45, 2.75) is 31.7 Å². The SMILES string of the molecule is Clc1cc(CC2CCCCN2)cs1. The second-order valence-electron chi connectivity index (χ2n) is 3.61. The molecule has 1 N–H and O–H groups in total. The normalized spacial score (nSPS) is 23.3. The van der Waals surface area contributed by atoms with E-state index in [4.69, 9.17) is 11.6 Å². The highest BCUT2D eigenvalue weighted by atomic mass is 35.5. The maximum Gasteiger partial charge on any atom is 0.0931 e. The van der Waals surface area contributed by atoms with Crippen molar-refractivity contribution in [1.82, 2.24) is 5.32 Å². The molecule has 3 heteroatoms. The van der Waals surface area contributed by atoms with Gasteiger partial charge in [0.2, 0.25) is 0 Å². The fourth-order valence-electron chi connectivity index (χ4n) is 1.84. The van der Waals surface area contributed by atoms with Gasteiger partial charge in [-0.25, -0.2) is 0 Å². The quantitative estimate of drug-likeness (QED) is 0.800. The van der Waals surface area contributed by atoms with Gasteiger partial charge in [0.25, 0.3) is 0 Å². The molecule has 13 heavy (non-hydrogen) atoms. The molecule has 1 fully saturated rings. The Balaban J connectivity index is 1.89. The number of rotatable bonds is 2. The molecule has 1 unspecified atom stereocenters. The Morgan fingerprint density at radius 1 is 1.54 bits per heavy atom. The maximum atomic E-state index is 5.88. The third kappa shape index (κ3) is 2.70. The van der Waals surface area contributed by atoms with E-state index in [1.165, 1.54) is 31.4 Å². The monoisotopic (exact) mass is 215 g/mol. The molecule has 0 spiro atoms. The first-order chi connectivity index (χ1) is 6.34. The minimum Gasteiger partial charge on any atom is -0.314 e. The van der Waals surface area contributed by atoms with Crippen LogP contribution in [0.15, 0.2) is 11.4 Å². The summed E-state index contributed by atoms with van der Waals surface area (Å²) in [6, 6.07) is 2.77. The van der Waals surface area contributed by atoms with Gasteiger partial charge in [-0.2, -0.15) is 0 Å². The van der Waals surface area contributed by atoms with E-state index in [2.05, 4.69) is 16.8 Å². The molecule has 1 aromatic heterocycles. The van der Waals surface area contributed by atoms with Crippen molar-refractivity contribution < 1.29 is 0 Å². The predicted octanol–water partition coefficient (Wildman–Crippen LogP) is 3.09. The summed E-state index contributed by atoms with van der Waals surface area (Å²) < 4.78 is 0.908. The van der Waals surface area contributed by atoms with E-state index in [0.717, 1.165) is 10.8 Å². The molecule has 1 nitrogen and oxygen atoms in total. The Morgan fingerprint density at radius 2 is 2.46 bits per heavy atom. The number of thiophene rings is 1. The van der Waals surface area contributed by atoms with E-state index >= 15 is 0 Å². The largest absolute Gasteiger partial charge is 0.314 e. The van der Waals surface area contributed by atoms with Gasteiger partial charge in [0.05, 0.1) is 4.34 Å². The van der Waals surface area contributed by atoms with Crippen molar-refractivity contribution in [1.29, 1.82) is 0 Å². The molecule has 1 aliphatic heterocycles. The first kappa shape index (κ1) is 9.50. The van der Waals surface area contributed by atoms with Crippen LogP contribution in [0.3, 0.4) is 0 Å². The predicted molar refractivity (Wildman–Crippen MR) is 58.7 cm³/mol. The van der Waals surface area contributed by atoms with E-state index in [9.17, 15) is 0 Å². The zero-order chi connectivity index (χ0) is 9.10. The Labute approximate surface area is 88.1 Å². The van der Waals surface area contributed by atoms with E-state index < -0.39 is 0 Å². The highest BCUT2D eigenvalue weighted by Crippen LogP contribution is 2.22. The van der Waals surface area contributed by atoms with Gasteiger partial charge in [-0.05, 0) is 42.8 Å². The van der Waals surface area contributed by atoms with E-state index in [0.29, 0.717) is 6.04 Å². The lowest BCUT2D eigenvalue weighted by atomic mass is 9.99. The molecule has 2 rings (SSSR count). The molecular weight excluding hydrogens is 202 g/mol. The molecule has 1 atom stereocenters. The van der Waals surface area contributed by atoms with Crippen LogP contribution in [0.1, 0.15) is 24.8 Å². The van der Waals surface area contributed by atoms with Crippen molar-refractivity contribution in [3.8, 4) is 0 Å². The summed E-state index contributed by atoms with van der Waals surface area (Å²) in [5.41, 5.74) is 1.38. The molecular formula is C10H14ClNS. The molecule has 1 aromatic rings. The van der Waals surface area contributed by atoms with Crippen LogP contribution in [0, 0.1) is 0 Å². The molecule has 0 amide bonds. The molecule has 0 aromatic carbocycles. The lowest BCUT2D eigenvalue weighted by Crippen LogP contribution is -2.35. The van der Waals surface area contributed by atoms with Crippen LogP contribution >= 0.6 is 22.9 Å². The van der Waals surface area contributed by atoms with Gasteiger partial charge < -0.3 is 5.32 Å². The second kappa shape index (κ2) is 4.45. The third-order valence-corrected chi connectivity index (χ3v) is 3.66. The third-order valence-electron chi connectivity index (χ3n) is 2.52. The maximum absolute atomic E-state index is 5.88. The van der Waals surface area contributed by atoms with Crippen LogP contribution in [0.2, 0.25) is 4.34 Å². The Hall–Kier alpha value is -0.0500. The summed E-state index contributed by atoms with van der Waals surface area (Å²) >= 11 is 7.51. The summed E-state index contributed by atoms with van der Waals surface area (Å²) in [7, 11) is 0. The fraction of sp³-hybridized carbons (Fsp3) is 0.600. The Kier molecular flexibility index (Phi) is 3.25. The molecule has 0 bridgehead atoms. The summed E-state index contributed by atoms with van der Waals surface area (Å²) in [6.07, 6.45) is 5.16. The molecule has 1 saturated heterocycles. The van der Waals surface area contributed by atoms with E-state index in [-0.39, 0.29) is 0 Å². The smallest absolute Gasteiger partial charge is 0.0931 e. The average Bonchev–Trinajstić information content (AvgIpc) is 2.53. The summed E-state index contributed by atoms with van der Waals surface area (Å²) in [4.78, 5) is 0. The highest BCUT2D eigenvalue weighted by molar-refractivity contribution is 7.14. The van der Waals surface area contributed by atoms with E-state index in [1.807, 2.05) is 0 Å². The van der Waals surface area contributed by atoms with Gasteiger partial charge in [0.1, 0.15) is 0 Å². The van der Waals surface area contributed by atoms with E-state index in [1.54, 1.807) is 11.3 Å². The van der Waals surface area contributed by atoms with Gasteiger partial charge >= 0.3 is 0 Å². The summed E-state index contributed by atoms with van der Waals surface area (Å²) in [5.74, 6) is 0. The van der Waals surface area contributed by atoms with Crippen LogP contribution in [0.4, 0.5) is 0 Å². The van der Waals surface area contributed by atoms with Gasteiger partial charge in [-0.15, -0.1) is 11.3 Å². The molecule has 0 radical (unpaired) electrons. The lowest BCUT2D eigenvalue weighted by molar-refractivity contribution is 0.399. The molecule has 1 aliphatic rings. The standard InChI is InChI=1S/C10H14ClNS/c11-10-6-8(7-13-10)5-9-3-1-2-4-12-9/h6-7,9,12H,1-5H2. The van der Waals surface area contributed by atoms with Crippen LogP contribution in [-0.4, -0.2) is 12.6 Å². The molecule has 72 valence electrons. The van der Waals surface area contributed by atoms with Crippen LogP contribution in [0.5, 0.6) is 0 Å². The fourth-order valence-corrected chi connectivity index (χ4v) is 2.76. The second-order valence-corrected chi connectivity index (χ2v) is 5.15. The topological polar surface area (TPSA) is 12.0 Å². The van der Waals surface area contributed by atoms with Crippen LogP contribution < -0.4 is 5.32 Å². The first-order valence-corrected chi connectivity index (χ1v) is 6.06. The van der Waals surface area contributed by atoms with Gasteiger partial charge in [0.15, 0.2) is 0 Å². The molecule has 2 heterocycles. The van der Waals surface area contributed by atoms with Crippen molar-refractivity contribution in [3.05, 3.63) is 21.3 Å². The van der Waals surface area contributed by atoms with Crippen LogP contribution in [-0.2, 0) is 6.42 Å². The molecule has 0 saturated carbocycles. The first-order valence-electron chi connectivity index (χ1n) is 4.81. The van der Waals surface area contributed by atoms with Gasteiger partial charge in [-0.3, -0.25) is 0 Å². The van der Waals surface area contributed by atoms with Crippen LogP contribution in [0.25, 0.3) is 0 Å². The Morgan fingerprint density at radius 3 is 3.08 bits per heavy atom. The minimum atomic E-state index is 0.680. The van der Waals surface area contributed by atoms with Crippen molar-refractivity contribution in [2.75, 3.05) is 6.54 Å². The number of hydrogen-bond acceptors (Lipinski definition) is 2. The summed E-state index contributed by atoms with van der Waals surface area (Å²) in [6.45, 7) is 1.18. The van der Waals surface area contributed by atoms with Crippen molar-refractivity contribution >= 4 is 22.9 Å². The van der Waals surface area contributed by atoms with Crippen molar-refractivity contribution in [3.63, 3.8) is 0 Å². The number of nitrogens with one attached hydrogen (secondary N) is 1. The summed E-state index contributed by atoms with van der Waals surface area (Å²) in [5, 5.41) is 5.70. The highest BCUT2D eigenvalue weighted by Gasteiger charge is 2.13. The zero-order valence-electron chi connectivity index (χ0n) is 7.55. The number of piperidine rings is 1. The lowest BCUT2D eigenvalue weighted by Gasteiger charge is -2.22. The number of halogens is 1. The number of hydrogen-bond donors (Lipinski definition) is 1. The minimum absolute atomic E-state index is 0.680. The molecule has 0 aliphatic carbocycles. The van der Waals surface area contributed by atoms with Crippen molar-refractivity contribution in [2.24, 2.45) is 0 Å². The Bertz CT molecular complexity index is 266. The van der Waals surface area contributed by atoms with Gasteiger partial charge in [-0.1, -0.05) is 18.0 Å². The average molecular weight is 216 g/mol.